The predicted octanol–water partition coefficient (Wildman–Crippen LogP) is 4.19. The maximum atomic E-state index is 14.4. The summed E-state index contributed by atoms with van der Waals surface area (Å²) in [7, 11) is 0. The summed E-state index contributed by atoms with van der Waals surface area (Å²) in [6.07, 6.45) is 6.66. The minimum atomic E-state index is -0.265. The Morgan fingerprint density at radius 3 is 2.70 bits per heavy atom. The number of rotatable bonds is 3. The van der Waals surface area contributed by atoms with Gasteiger partial charge in [0.25, 0.3) is 0 Å². The van der Waals surface area contributed by atoms with Crippen LogP contribution >= 0.6 is 0 Å². The van der Waals surface area contributed by atoms with Crippen LogP contribution in [-0.4, -0.2) is 29.2 Å². The molecule has 1 saturated carbocycles. The molecule has 0 radical (unpaired) electrons. The van der Waals surface area contributed by atoms with E-state index in [-0.39, 0.29) is 11.9 Å². The van der Waals surface area contributed by atoms with Crippen molar-refractivity contribution in [3.05, 3.63) is 35.3 Å². The molecule has 1 saturated heterocycles. The quantitative estimate of drug-likeness (QED) is 0.922. The molecule has 2 aromatic rings. The van der Waals surface area contributed by atoms with E-state index in [1.165, 1.54) is 19.3 Å². The van der Waals surface area contributed by atoms with Crippen LogP contribution < -0.4 is 0 Å². The van der Waals surface area contributed by atoms with Crippen molar-refractivity contribution in [3.8, 4) is 0 Å². The summed E-state index contributed by atoms with van der Waals surface area (Å²) in [5, 5.41) is 10.5. The fourth-order valence-corrected chi connectivity index (χ4v) is 4.08. The van der Waals surface area contributed by atoms with E-state index in [0.29, 0.717) is 24.6 Å². The average Bonchev–Trinajstić information content (AvgIpc) is 3.15. The number of nitrogens with zero attached hydrogens (tertiary/aromatic N) is 1. The average molecular weight is 317 g/mol. The molecule has 1 aromatic carbocycles. The van der Waals surface area contributed by atoms with Crippen LogP contribution in [0.3, 0.4) is 0 Å². The molecule has 1 atom stereocenters. The first-order valence-corrected chi connectivity index (χ1v) is 8.81. The number of hydrogen-bond donors (Lipinski definition) is 1. The van der Waals surface area contributed by atoms with E-state index in [0.717, 1.165) is 42.5 Å². The van der Waals surface area contributed by atoms with Crippen LogP contribution in [0.2, 0.25) is 0 Å². The van der Waals surface area contributed by atoms with E-state index in [1.807, 2.05) is 12.1 Å². The van der Waals surface area contributed by atoms with Crippen molar-refractivity contribution < 1.29 is 13.9 Å². The summed E-state index contributed by atoms with van der Waals surface area (Å²) >= 11 is 0. The van der Waals surface area contributed by atoms with E-state index in [1.54, 1.807) is 6.07 Å². The SMILES string of the molecule is O[C@H]1CCN(Cc2cc(F)c3oc(C4CCCCC4)cc3c2)C1. The third-order valence-electron chi connectivity index (χ3n) is 5.31. The summed E-state index contributed by atoms with van der Waals surface area (Å²) in [6.45, 7) is 2.24. The van der Waals surface area contributed by atoms with Crippen molar-refractivity contribution in [3.63, 3.8) is 0 Å². The van der Waals surface area contributed by atoms with Crippen LogP contribution in [0, 0.1) is 5.82 Å². The standard InChI is InChI=1S/C19H24FNO2/c20-17-9-13(11-21-7-6-16(22)12-21)8-15-10-18(23-19(15)17)14-4-2-1-3-5-14/h8-10,14,16,22H,1-7,11-12H2/t16-/m0/s1. The molecule has 1 aromatic heterocycles. The van der Waals surface area contributed by atoms with Crippen LogP contribution in [-0.2, 0) is 6.54 Å². The number of hydrogen-bond acceptors (Lipinski definition) is 3. The number of fused-ring (bicyclic) bond motifs is 1. The minimum absolute atomic E-state index is 0.240. The first-order valence-electron chi connectivity index (χ1n) is 8.81. The second-order valence-corrected chi connectivity index (χ2v) is 7.16. The Balaban J connectivity index is 1.59. The Labute approximate surface area is 136 Å². The first-order chi connectivity index (χ1) is 11.2. The summed E-state index contributed by atoms with van der Waals surface area (Å²) in [6, 6.07) is 5.66. The van der Waals surface area contributed by atoms with E-state index >= 15 is 0 Å². The van der Waals surface area contributed by atoms with E-state index in [9.17, 15) is 9.50 Å². The van der Waals surface area contributed by atoms with Gasteiger partial charge in [-0.2, -0.15) is 0 Å². The van der Waals surface area contributed by atoms with Crippen molar-refractivity contribution in [2.75, 3.05) is 13.1 Å². The van der Waals surface area contributed by atoms with Crippen LogP contribution in [0.25, 0.3) is 11.0 Å². The molecule has 1 aliphatic carbocycles. The molecule has 23 heavy (non-hydrogen) atoms. The second-order valence-electron chi connectivity index (χ2n) is 7.16. The lowest BCUT2D eigenvalue weighted by Crippen LogP contribution is -2.21. The van der Waals surface area contributed by atoms with Gasteiger partial charge in [-0.1, -0.05) is 19.3 Å². The Kier molecular flexibility index (Phi) is 4.12. The third kappa shape index (κ3) is 3.15. The second kappa shape index (κ2) is 6.25. The van der Waals surface area contributed by atoms with Crippen molar-refractivity contribution in [1.82, 2.24) is 4.90 Å². The zero-order valence-corrected chi connectivity index (χ0v) is 13.4. The molecule has 1 aliphatic heterocycles. The molecule has 1 N–H and O–H groups in total. The zero-order valence-electron chi connectivity index (χ0n) is 13.4. The van der Waals surface area contributed by atoms with E-state index in [2.05, 4.69) is 4.90 Å². The van der Waals surface area contributed by atoms with Gasteiger partial charge in [0, 0.05) is 30.9 Å². The number of aliphatic hydroxyl groups excluding tert-OH is 1. The highest BCUT2D eigenvalue weighted by Crippen LogP contribution is 2.36. The minimum Gasteiger partial charge on any atom is -0.458 e. The highest BCUT2D eigenvalue weighted by atomic mass is 19.1. The number of benzene rings is 1. The fourth-order valence-electron chi connectivity index (χ4n) is 4.08. The Bertz CT molecular complexity index is 690. The molecule has 2 heterocycles. The molecular formula is C19H24FNO2. The molecule has 2 fully saturated rings. The van der Waals surface area contributed by atoms with Crippen LogP contribution in [0.4, 0.5) is 4.39 Å². The summed E-state index contributed by atoms with van der Waals surface area (Å²) in [4.78, 5) is 2.17. The zero-order chi connectivity index (χ0) is 15.8. The van der Waals surface area contributed by atoms with Gasteiger partial charge in [0.2, 0.25) is 0 Å². The summed E-state index contributed by atoms with van der Waals surface area (Å²) in [5.74, 6) is 1.14. The van der Waals surface area contributed by atoms with Gasteiger partial charge in [-0.25, -0.2) is 4.39 Å². The van der Waals surface area contributed by atoms with Crippen molar-refractivity contribution >= 4 is 11.0 Å². The van der Waals surface area contributed by atoms with Gasteiger partial charge in [-0.3, -0.25) is 4.90 Å². The fraction of sp³-hybridized carbons (Fsp3) is 0.579. The summed E-state index contributed by atoms with van der Waals surface area (Å²) < 4.78 is 20.3. The summed E-state index contributed by atoms with van der Waals surface area (Å²) in [5.41, 5.74) is 1.36. The maximum absolute atomic E-state index is 14.4. The number of halogens is 1. The van der Waals surface area contributed by atoms with Crippen molar-refractivity contribution in [1.29, 1.82) is 0 Å². The Morgan fingerprint density at radius 2 is 1.96 bits per heavy atom. The predicted molar refractivity (Wildman–Crippen MR) is 87.9 cm³/mol. The van der Waals surface area contributed by atoms with Gasteiger partial charge in [0.1, 0.15) is 5.76 Å². The topological polar surface area (TPSA) is 36.6 Å². The number of furan rings is 1. The largest absolute Gasteiger partial charge is 0.458 e. The third-order valence-corrected chi connectivity index (χ3v) is 5.31. The molecule has 4 rings (SSSR count). The Morgan fingerprint density at radius 1 is 1.13 bits per heavy atom. The molecule has 3 nitrogen and oxygen atoms in total. The van der Waals surface area contributed by atoms with Gasteiger partial charge in [-0.05, 0) is 43.0 Å². The molecule has 0 bridgehead atoms. The van der Waals surface area contributed by atoms with Crippen LogP contribution in [0.1, 0.15) is 55.8 Å². The monoisotopic (exact) mass is 317 g/mol. The van der Waals surface area contributed by atoms with Gasteiger partial charge in [-0.15, -0.1) is 0 Å². The molecule has 0 unspecified atom stereocenters. The lowest BCUT2D eigenvalue weighted by molar-refractivity contribution is 0.175. The highest BCUT2D eigenvalue weighted by Gasteiger charge is 2.23. The maximum Gasteiger partial charge on any atom is 0.169 e. The van der Waals surface area contributed by atoms with Gasteiger partial charge < -0.3 is 9.52 Å². The molecule has 0 spiro atoms. The van der Waals surface area contributed by atoms with Crippen LogP contribution in [0.5, 0.6) is 0 Å². The molecule has 2 aliphatic rings. The lowest BCUT2D eigenvalue weighted by atomic mass is 9.87. The van der Waals surface area contributed by atoms with Crippen molar-refractivity contribution in [2.45, 2.75) is 57.1 Å². The van der Waals surface area contributed by atoms with Gasteiger partial charge in [0.15, 0.2) is 11.4 Å². The number of likely N-dealkylation sites (tertiary alicyclic amines) is 1. The van der Waals surface area contributed by atoms with E-state index in [4.69, 9.17) is 4.42 Å². The number of β-amino-alcohol motifs (C(OH)–C–C–N with tert-alkyl or cyclic N) is 1. The molecule has 0 amide bonds. The van der Waals surface area contributed by atoms with Gasteiger partial charge >= 0.3 is 0 Å². The molecule has 124 valence electrons. The molecule has 4 heteroatoms. The normalized spacial score (nSPS) is 23.8. The van der Waals surface area contributed by atoms with E-state index < -0.39 is 0 Å². The number of aliphatic hydroxyl groups is 1. The Hall–Kier alpha value is -1.39. The van der Waals surface area contributed by atoms with Crippen LogP contribution in [0.15, 0.2) is 22.6 Å². The van der Waals surface area contributed by atoms with Crippen molar-refractivity contribution in [2.24, 2.45) is 0 Å². The smallest absolute Gasteiger partial charge is 0.169 e. The van der Waals surface area contributed by atoms with Gasteiger partial charge in [0.05, 0.1) is 6.10 Å². The molecular weight excluding hydrogens is 293 g/mol. The highest BCUT2D eigenvalue weighted by molar-refractivity contribution is 5.79. The lowest BCUT2D eigenvalue weighted by Gasteiger charge is -2.18. The first kappa shape index (κ1) is 15.2.